The van der Waals surface area contributed by atoms with Crippen LogP contribution in [0.2, 0.25) is 5.15 Å². The van der Waals surface area contributed by atoms with Crippen LogP contribution in [-0.4, -0.2) is 15.6 Å². The van der Waals surface area contributed by atoms with Crippen LogP contribution in [0.25, 0.3) is 0 Å². The van der Waals surface area contributed by atoms with Gasteiger partial charge in [-0.15, -0.1) is 0 Å². The molecule has 1 aromatic rings. The molecular formula is C28H40ClN3O. The molecule has 8 atom stereocenters. The summed E-state index contributed by atoms with van der Waals surface area (Å²) in [5.41, 5.74) is 0.474. The lowest BCUT2D eigenvalue weighted by molar-refractivity contribution is -0.131. The van der Waals surface area contributed by atoms with E-state index in [1.807, 2.05) is 0 Å². The molecule has 0 saturated heterocycles. The monoisotopic (exact) mass is 469 g/mol. The third-order valence-corrected chi connectivity index (χ3v) is 10.8. The second-order valence-corrected chi connectivity index (χ2v) is 12.4. The van der Waals surface area contributed by atoms with Crippen LogP contribution >= 0.6 is 11.6 Å². The summed E-state index contributed by atoms with van der Waals surface area (Å²) in [5.74, 6) is 6.22. The van der Waals surface area contributed by atoms with Crippen molar-refractivity contribution in [3.63, 3.8) is 0 Å². The number of ketones is 1. The Labute approximate surface area is 204 Å². The summed E-state index contributed by atoms with van der Waals surface area (Å²) < 4.78 is 1.60. The summed E-state index contributed by atoms with van der Waals surface area (Å²) in [7, 11) is 0. The predicted molar refractivity (Wildman–Crippen MR) is 131 cm³/mol. The summed E-state index contributed by atoms with van der Waals surface area (Å²) in [4.78, 5) is 13.7. The van der Waals surface area contributed by atoms with E-state index in [0.29, 0.717) is 17.3 Å². The molecule has 0 N–H and O–H groups in total. The number of halogens is 1. The highest BCUT2D eigenvalue weighted by Crippen LogP contribution is 2.68. The number of rotatable bonds is 7. The van der Waals surface area contributed by atoms with Crippen molar-refractivity contribution < 1.29 is 4.79 Å². The van der Waals surface area contributed by atoms with E-state index in [9.17, 15) is 10.1 Å². The number of carbonyl (C=O) groups excluding carboxylic acids is 1. The molecule has 4 saturated carbocycles. The molecule has 33 heavy (non-hydrogen) atoms. The SMILES string of the molecule is CCCC1C(CC)CCC2C1CCC1(C)C(C(=O)Cn3cc(C#N)c(Cl)n3)CC(C3CC3)C21. The van der Waals surface area contributed by atoms with Gasteiger partial charge in [-0.3, -0.25) is 9.48 Å². The summed E-state index contributed by atoms with van der Waals surface area (Å²) in [6.45, 7) is 7.48. The zero-order chi connectivity index (χ0) is 23.3. The molecule has 5 rings (SSSR count). The topological polar surface area (TPSA) is 58.7 Å². The molecule has 5 heteroatoms. The van der Waals surface area contributed by atoms with Gasteiger partial charge in [-0.2, -0.15) is 10.4 Å². The van der Waals surface area contributed by atoms with Gasteiger partial charge in [0.2, 0.25) is 0 Å². The third kappa shape index (κ3) is 3.97. The zero-order valence-corrected chi connectivity index (χ0v) is 21.4. The first kappa shape index (κ1) is 23.4. The van der Waals surface area contributed by atoms with Crippen molar-refractivity contribution in [2.45, 2.75) is 91.5 Å². The molecule has 8 unspecified atom stereocenters. The Morgan fingerprint density at radius 2 is 2.00 bits per heavy atom. The van der Waals surface area contributed by atoms with Crippen LogP contribution in [0, 0.1) is 64.1 Å². The minimum absolute atomic E-state index is 0.121. The first-order valence-corrected chi connectivity index (χ1v) is 13.9. The van der Waals surface area contributed by atoms with Crippen LogP contribution < -0.4 is 0 Å². The van der Waals surface area contributed by atoms with Gasteiger partial charge >= 0.3 is 0 Å². The van der Waals surface area contributed by atoms with Gasteiger partial charge in [0, 0.05) is 12.1 Å². The number of fused-ring (bicyclic) bond motifs is 3. The maximum absolute atomic E-state index is 13.7. The van der Waals surface area contributed by atoms with Crippen molar-refractivity contribution in [3.8, 4) is 6.07 Å². The quantitative estimate of drug-likeness (QED) is 0.436. The number of nitriles is 1. The molecule has 1 aromatic heterocycles. The highest BCUT2D eigenvalue weighted by Gasteiger charge is 2.63. The van der Waals surface area contributed by atoms with Gasteiger partial charge in [-0.25, -0.2) is 0 Å². The van der Waals surface area contributed by atoms with Gasteiger partial charge in [0.05, 0.1) is 6.54 Å². The molecule has 1 heterocycles. The molecule has 4 nitrogen and oxygen atoms in total. The van der Waals surface area contributed by atoms with Crippen molar-refractivity contribution in [1.29, 1.82) is 5.26 Å². The fourth-order valence-electron chi connectivity index (χ4n) is 9.03. The zero-order valence-electron chi connectivity index (χ0n) is 20.6. The maximum Gasteiger partial charge on any atom is 0.168 e. The average Bonchev–Trinajstić information content (AvgIpc) is 3.51. The van der Waals surface area contributed by atoms with Crippen LogP contribution in [-0.2, 0) is 11.3 Å². The maximum atomic E-state index is 13.7. The van der Waals surface area contributed by atoms with Crippen molar-refractivity contribution >= 4 is 17.4 Å². The van der Waals surface area contributed by atoms with E-state index < -0.39 is 0 Å². The Morgan fingerprint density at radius 3 is 2.64 bits per heavy atom. The van der Waals surface area contributed by atoms with Gasteiger partial charge in [0.1, 0.15) is 11.6 Å². The summed E-state index contributed by atoms with van der Waals surface area (Å²) in [6.07, 6.45) is 14.8. The molecule has 0 amide bonds. The summed E-state index contributed by atoms with van der Waals surface area (Å²) in [5, 5.41) is 13.6. The van der Waals surface area contributed by atoms with Crippen LogP contribution in [0.15, 0.2) is 6.20 Å². The van der Waals surface area contributed by atoms with E-state index in [2.05, 4.69) is 31.9 Å². The highest BCUT2D eigenvalue weighted by molar-refractivity contribution is 6.30. The molecule has 0 bridgehead atoms. The number of Topliss-reactive ketones (excluding diaryl/α,β-unsaturated/α-hetero) is 1. The Balaban J connectivity index is 1.41. The standard InChI is InChI=1S/C28H40ClN3O/c1-4-6-20-17(5-2)9-10-22-21(20)11-12-28(3)24(13-23(26(22)28)18-7-8-18)25(33)16-32-15-19(14-30)27(29)31-32/h15,17-18,20-24,26H,4-13,16H2,1-3H3. The Morgan fingerprint density at radius 1 is 1.21 bits per heavy atom. The van der Waals surface area contributed by atoms with E-state index in [1.54, 1.807) is 10.9 Å². The number of nitrogens with zero attached hydrogens (tertiary/aromatic N) is 3. The Hall–Kier alpha value is -1.34. The fourth-order valence-corrected chi connectivity index (χ4v) is 9.22. The van der Waals surface area contributed by atoms with Gasteiger partial charge in [0.25, 0.3) is 0 Å². The second-order valence-electron chi connectivity index (χ2n) is 12.0. The van der Waals surface area contributed by atoms with Gasteiger partial charge in [-0.05, 0) is 91.8 Å². The van der Waals surface area contributed by atoms with Crippen molar-refractivity contribution in [2.75, 3.05) is 0 Å². The number of aromatic nitrogens is 2. The Bertz CT molecular complexity index is 930. The summed E-state index contributed by atoms with van der Waals surface area (Å²) >= 11 is 6.07. The lowest BCUT2D eigenvalue weighted by atomic mass is 9.49. The van der Waals surface area contributed by atoms with Crippen LogP contribution in [0.1, 0.15) is 90.5 Å². The van der Waals surface area contributed by atoms with Crippen LogP contribution in [0.4, 0.5) is 0 Å². The van der Waals surface area contributed by atoms with Crippen LogP contribution in [0.3, 0.4) is 0 Å². The first-order valence-electron chi connectivity index (χ1n) is 13.6. The fraction of sp³-hybridized carbons (Fsp3) is 0.821. The largest absolute Gasteiger partial charge is 0.297 e. The number of hydrogen-bond donors (Lipinski definition) is 0. The Kier molecular flexibility index (Phi) is 6.40. The van der Waals surface area contributed by atoms with E-state index >= 15 is 0 Å². The predicted octanol–water partition coefficient (Wildman–Crippen LogP) is 6.91. The van der Waals surface area contributed by atoms with Crippen molar-refractivity contribution in [1.82, 2.24) is 9.78 Å². The van der Waals surface area contributed by atoms with Gasteiger partial charge in [0.15, 0.2) is 10.9 Å². The lowest BCUT2D eigenvalue weighted by Gasteiger charge is -2.55. The van der Waals surface area contributed by atoms with E-state index in [4.69, 9.17) is 11.6 Å². The number of carbonyl (C=O) groups is 1. The molecule has 180 valence electrons. The molecule has 4 fully saturated rings. The molecule has 0 radical (unpaired) electrons. The smallest absolute Gasteiger partial charge is 0.168 e. The molecule has 4 aliphatic carbocycles. The lowest BCUT2D eigenvalue weighted by Crippen LogP contribution is -2.50. The molecule has 0 aliphatic heterocycles. The third-order valence-electron chi connectivity index (χ3n) is 10.5. The van der Waals surface area contributed by atoms with E-state index in [0.717, 1.165) is 41.9 Å². The van der Waals surface area contributed by atoms with Crippen LogP contribution in [0.5, 0.6) is 0 Å². The molecule has 0 spiro atoms. The van der Waals surface area contributed by atoms with Crippen molar-refractivity contribution in [2.24, 2.45) is 52.8 Å². The van der Waals surface area contributed by atoms with Crippen molar-refractivity contribution in [3.05, 3.63) is 16.9 Å². The van der Waals surface area contributed by atoms with E-state index in [-0.39, 0.29) is 23.0 Å². The molecule has 0 aromatic carbocycles. The molecular weight excluding hydrogens is 430 g/mol. The normalized spacial score (nSPS) is 40.2. The molecule has 4 aliphatic rings. The van der Waals surface area contributed by atoms with Gasteiger partial charge in [-0.1, -0.05) is 51.6 Å². The highest BCUT2D eigenvalue weighted by atomic mass is 35.5. The van der Waals surface area contributed by atoms with Gasteiger partial charge < -0.3 is 0 Å². The number of hydrogen-bond acceptors (Lipinski definition) is 3. The summed E-state index contributed by atoms with van der Waals surface area (Å²) in [6, 6.07) is 2.07. The second kappa shape index (κ2) is 9.03. The minimum atomic E-state index is 0.121. The first-order chi connectivity index (χ1) is 15.9. The average molecular weight is 470 g/mol. The minimum Gasteiger partial charge on any atom is -0.297 e. The van der Waals surface area contributed by atoms with E-state index in [1.165, 1.54) is 57.8 Å².